The van der Waals surface area contributed by atoms with E-state index in [1.165, 1.54) is 5.56 Å². The van der Waals surface area contributed by atoms with Crippen LogP contribution in [0.25, 0.3) is 0 Å². The zero-order valence-electron chi connectivity index (χ0n) is 22.0. The minimum Gasteiger partial charge on any atom is -0.493 e. The third-order valence-electron chi connectivity index (χ3n) is 5.80. The van der Waals surface area contributed by atoms with E-state index in [0.29, 0.717) is 45.1 Å². The maximum atomic E-state index is 13.4. The van der Waals surface area contributed by atoms with Gasteiger partial charge < -0.3 is 19.3 Å². The molecule has 2 aromatic rings. The van der Waals surface area contributed by atoms with E-state index in [2.05, 4.69) is 45.0 Å². The molecular weight excluding hydrogens is 440 g/mol. The fourth-order valence-electron chi connectivity index (χ4n) is 3.89. The Kier molecular flexibility index (Phi) is 8.82. The van der Waals surface area contributed by atoms with Gasteiger partial charge >= 0.3 is 6.09 Å². The van der Waals surface area contributed by atoms with Crippen LogP contribution in [0.15, 0.2) is 48.5 Å². The number of nitrogens with zero attached hydrogens (tertiary/aromatic N) is 2. The molecule has 0 radical (unpaired) electrons. The summed E-state index contributed by atoms with van der Waals surface area (Å²) in [7, 11) is 0. The number of benzene rings is 2. The van der Waals surface area contributed by atoms with Gasteiger partial charge in [0.25, 0.3) is 0 Å². The molecule has 2 aromatic carbocycles. The van der Waals surface area contributed by atoms with Crippen molar-refractivity contribution in [3.8, 4) is 5.75 Å². The molecule has 0 spiro atoms. The number of likely N-dealkylation sites (tertiary alicyclic amines) is 1. The van der Waals surface area contributed by atoms with Crippen LogP contribution in [0.5, 0.6) is 5.75 Å². The molecule has 0 unspecified atom stereocenters. The molecule has 1 aliphatic rings. The highest BCUT2D eigenvalue weighted by atomic mass is 16.6. The highest BCUT2D eigenvalue weighted by Crippen LogP contribution is 2.22. The van der Waals surface area contributed by atoms with Crippen molar-refractivity contribution >= 4 is 12.0 Å². The first-order valence-electron chi connectivity index (χ1n) is 12.5. The van der Waals surface area contributed by atoms with Crippen molar-refractivity contribution < 1.29 is 19.1 Å². The van der Waals surface area contributed by atoms with E-state index in [-0.39, 0.29) is 17.9 Å². The minimum absolute atomic E-state index is 0.0807. The second kappa shape index (κ2) is 11.6. The quantitative estimate of drug-likeness (QED) is 0.478. The van der Waals surface area contributed by atoms with Gasteiger partial charge in [0.2, 0.25) is 5.91 Å². The lowest BCUT2D eigenvalue weighted by molar-refractivity contribution is -0.132. The molecular formula is C29H40N2O4. The normalized spacial score (nSPS) is 14.0. The van der Waals surface area contributed by atoms with Gasteiger partial charge in [-0.15, -0.1) is 0 Å². The number of hydrogen-bond donors (Lipinski definition) is 0. The Morgan fingerprint density at radius 1 is 1.00 bits per heavy atom. The highest BCUT2D eigenvalue weighted by Gasteiger charge is 2.35. The van der Waals surface area contributed by atoms with E-state index >= 15 is 0 Å². The maximum absolute atomic E-state index is 13.4. The molecule has 0 saturated carbocycles. The van der Waals surface area contributed by atoms with Crippen LogP contribution in [0.2, 0.25) is 0 Å². The predicted molar refractivity (Wildman–Crippen MR) is 138 cm³/mol. The third-order valence-corrected chi connectivity index (χ3v) is 5.80. The van der Waals surface area contributed by atoms with E-state index in [1.54, 1.807) is 4.90 Å². The molecule has 1 saturated heterocycles. The second-order valence-electron chi connectivity index (χ2n) is 11.0. The molecule has 35 heavy (non-hydrogen) atoms. The van der Waals surface area contributed by atoms with Gasteiger partial charge in [-0.05, 0) is 56.9 Å². The molecule has 6 nitrogen and oxygen atoms in total. The lowest BCUT2D eigenvalue weighted by Gasteiger charge is -2.42. The van der Waals surface area contributed by atoms with E-state index in [4.69, 9.17) is 9.47 Å². The second-order valence-corrected chi connectivity index (χ2v) is 11.0. The Morgan fingerprint density at radius 2 is 1.60 bits per heavy atom. The fraction of sp³-hybridized carbons (Fsp3) is 0.517. The zero-order valence-corrected chi connectivity index (χ0v) is 22.0. The van der Waals surface area contributed by atoms with Gasteiger partial charge in [0.1, 0.15) is 11.4 Å². The molecule has 0 N–H and O–H groups in total. The summed E-state index contributed by atoms with van der Waals surface area (Å²) >= 11 is 0. The average Bonchev–Trinajstić information content (AvgIpc) is 2.74. The topological polar surface area (TPSA) is 59.1 Å². The van der Waals surface area contributed by atoms with Crippen LogP contribution < -0.4 is 4.74 Å². The van der Waals surface area contributed by atoms with Crippen molar-refractivity contribution in [1.82, 2.24) is 9.80 Å². The summed E-state index contributed by atoms with van der Waals surface area (Å²) in [6.45, 7) is 14.9. The summed E-state index contributed by atoms with van der Waals surface area (Å²) in [4.78, 5) is 29.3. The van der Waals surface area contributed by atoms with E-state index < -0.39 is 5.60 Å². The van der Waals surface area contributed by atoms with E-state index in [9.17, 15) is 9.59 Å². The minimum atomic E-state index is -0.509. The van der Waals surface area contributed by atoms with Crippen LogP contribution >= 0.6 is 0 Å². The molecule has 6 heteroatoms. The lowest BCUT2D eigenvalue weighted by Crippen LogP contribution is -2.55. The summed E-state index contributed by atoms with van der Waals surface area (Å²) in [6.07, 6.45) is 0.0451. The van der Waals surface area contributed by atoms with Crippen molar-refractivity contribution in [2.45, 2.75) is 60.1 Å². The van der Waals surface area contributed by atoms with Gasteiger partial charge in [-0.25, -0.2) is 4.79 Å². The Morgan fingerprint density at radius 3 is 2.17 bits per heavy atom. The fourth-order valence-corrected chi connectivity index (χ4v) is 3.89. The van der Waals surface area contributed by atoms with Crippen molar-refractivity contribution in [2.75, 3.05) is 26.2 Å². The third kappa shape index (κ3) is 8.61. The first-order chi connectivity index (χ1) is 16.5. The molecule has 2 amide bonds. The van der Waals surface area contributed by atoms with Crippen molar-refractivity contribution in [1.29, 1.82) is 0 Å². The van der Waals surface area contributed by atoms with Crippen LogP contribution in [-0.2, 0) is 22.5 Å². The number of rotatable bonds is 9. The SMILES string of the molecule is Cc1ccc(CN(CC2CN(C(=O)OC(C)(C)C)C2)C(=O)Cc2ccc(OCC(C)C)cc2)cc1. The molecule has 1 aliphatic heterocycles. The number of amides is 2. The Hall–Kier alpha value is -3.02. The molecule has 3 rings (SSSR count). The van der Waals surface area contributed by atoms with Gasteiger partial charge in [0.15, 0.2) is 0 Å². The molecule has 0 aromatic heterocycles. The molecule has 0 atom stereocenters. The zero-order chi connectivity index (χ0) is 25.6. The van der Waals surface area contributed by atoms with Gasteiger partial charge in [-0.1, -0.05) is 55.8 Å². The van der Waals surface area contributed by atoms with Crippen LogP contribution in [-0.4, -0.2) is 53.6 Å². The Labute approximate surface area is 210 Å². The number of hydrogen-bond acceptors (Lipinski definition) is 4. The summed E-state index contributed by atoms with van der Waals surface area (Å²) in [5.41, 5.74) is 2.75. The van der Waals surface area contributed by atoms with Crippen LogP contribution in [0.3, 0.4) is 0 Å². The smallest absolute Gasteiger partial charge is 0.410 e. The molecule has 190 valence electrons. The number of ether oxygens (including phenoxy) is 2. The summed E-state index contributed by atoms with van der Waals surface area (Å²) in [6, 6.07) is 16.1. The molecule has 0 aliphatic carbocycles. The summed E-state index contributed by atoms with van der Waals surface area (Å²) in [5.74, 6) is 1.60. The van der Waals surface area contributed by atoms with Gasteiger partial charge in [-0.2, -0.15) is 0 Å². The summed E-state index contributed by atoms with van der Waals surface area (Å²) < 4.78 is 11.2. The van der Waals surface area contributed by atoms with E-state index in [1.807, 2.05) is 49.9 Å². The molecule has 0 bridgehead atoms. The first kappa shape index (κ1) is 26.6. The largest absolute Gasteiger partial charge is 0.493 e. The Balaban J connectivity index is 1.61. The first-order valence-corrected chi connectivity index (χ1v) is 12.5. The number of carbonyl (C=O) groups excluding carboxylic acids is 2. The number of carbonyl (C=O) groups is 2. The van der Waals surface area contributed by atoms with Crippen molar-refractivity contribution in [3.05, 3.63) is 65.2 Å². The van der Waals surface area contributed by atoms with Gasteiger partial charge in [0, 0.05) is 32.1 Å². The van der Waals surface area contributed by atoms with Crippen LogP contribution in [0.4, 0.5) is 4.79 Å². The predicted octanol–water partition coefficient (Wildman–Crippen LogP) is 5.47. The highest BCUT2D eigenvalue weighted by molar-refractivity contribution is 5.79. The van der Waals surface area contributed by atoms with Crippen LogP contribution in [0.1, 0.15) is 51.3 Å². The standard InChI is InChI=1S/C29H40N2O4/c1-21(2)20-34-26-13-11-23(12-14-26)15-27(32)30(16-24-9-7-22(3)8-10-24)17-25-18-31(19-25)28(33)35-29(4,5)6/h7-14,21,25H,15-20H2,1-6H3. The molecule has 1 heterocycles. The van der Waals surface area contributed by atoms with Gasteiger partial charge in [0.05, 0.1) is 13.0 Å². The lowest BCUT2D eigenvalue weighted by atomic mass is 9.99. The van der Waals surface area contributed by atoms with Crippen molar-refractivity contribution in [3.63, 3.8) is 0 Å². The van der Waals surface area contributed by atoms with Crippen LogP contribution in [0, 0.1) is 18.8 Å². The molecule has 1 fully saturated rings. The monoisotopic (exact) mass is 480 g/mol. The van der Waals surface area contributed by atoms with E-state index in [0.717, 1.165) is 16.9 Å². The summed E-state index contributed by atoms with van der Waals surface area (Å²) in [5, 5.41) is 0. The maximum Gasteiger partial charge on any atom is 0.410 e. The Bertz CT molecular complexity index is 971. The number of aryl methyl sites for hydroxylation is 1. The van der Waals surface area contributed by atoms with Crippen molar-refractivity contribution in [2.24, 2.45) is 11.8 Å². The average molecular weight is 481 g/mol. The van der Waals surface area contributed by atoms with Gasteiger partial charge in [-0.3, -0.25) is 4.79 Å².